The molecule has 0 aromatic heterocycles. The molecule has 0 aliphatic carbocycles. The van der Waals surface area contributed by atoms with Crippen LogP contribution >= 0.6 is 0 Å². The van der Waals surface area contributed by atoms with Gasteiger partial charge in [0.05, 0.1) is 0 Å². The lowest BCUT2D eigenvalue weighted by Gasteiger charge is -2.37. The van der Waals surface area contributed by atoms with Gasteiger partial charge < -0.3 is 25.1 Å². The first-order chi connectivity index (χ1) is 8.90. The van der Waals surface area contributed by atoms with Gasteiger partial charge in [-0.05, 0) is 26.1 Å². The minimum Gasteiger partial charge on any atom is -0.504 e. The Morgan fingerprint density at radius 2 is 1.79 bits per heavy atom. The van der Waals surface area contributed by atoms with E-state index in [0.717, 1.165) is 6.54 Å². The number of carbonyl (C=O) groups excluding carboxylic acids is 1. The summed E-state index contributed by atoms with van der Waals surface area (Å²) < 4.78 is 0. The second-order valence-electron chi connectivity index (χ2n) is 4.94. The van der Waals surface area contributed by atoms with Crippen molar-refractivity contribution in [1.82, 2.24) is 9.80 Å². The maximum absolute atomic E-state index is 12.3. The predicted molar refractivity (Wildman–Crippen MR) is 69.4 cm³/mol. The first-order valence-corrected chi connectivity index (χ1v) is 6.14. The Labute approximate surface area is 111 Å². The Kier molecular flexibility index (Phi) is 3.53. The van der Waals surface area contributed by atoms with E-state index in [0.29, 0.717) is 13.1 Å². The standard InChI is InChI=1S/C13H18N2O4/c1-8-7-15(4-3-14(8)2)13(19)9-5-10(16)12(18)11(17)6-9/h5-6,8,16-18H,3-4,7H2,1-2H3. The maximum Gasteiger partial charge on any atom is 0.254 e. The van der Waals surface area contributed by atoms with Crippen LogP contribution in [0.25, 0.3) is 0 Å². The number of rotatable bonds is 1. The van der Waals surface area contributed by atoms with Crippen LogP contribution in [0.3, 0.4) is 0 Å². The van der Waals surface area contributed by atoms with Gasteiger partial charge in [-0.15, -0.1) is 0 Å². The summed E-state index contributed by atoms with van der Waals surface area (Å²) in [6, 6.07) is 2.60. The van der Waals surface area contributed by atoms with Gasteiger partial charge in [-0.3, -0.25) is 4.79 Å². The number of likely N-dealkylation sites (N-methyl/N-ethyl adjacent to an activating group) is 1. The minimum absolute atomic E-state index is 0.171. The Hall–Kier alpha value is -1.95. The lowest BCUT2D eigenvalue weighted by atomic mass is 10.1. The molecule has 1 heterocycles. The number of carbonyl (C=O) groups is 1. The molecule has 0 radical (unpaired) electrons. The molecule has 1 unspecified atom stereocenters. The van der Waals surface area contributed by atoms with E-state index in [9.17, 15) is 20.1 Å². The molecule has 1 fully saturated rings. The fraction of sp³-hybridized carbons (Fsp3) is 0.462. The Bertz CT molecular complexity index is 480. The number of benzene rings is 1. The van der Waals surface area contributed by atoms with Gasteiger partial charge in [0.1, 0.15) is 0 Å². The smallest absolute Gasteiger partial charge is 0.254 e. The summed E-state index contributed by atoms with van der Waals surface area (Å²) in [6.07, 6.45) is 0. The largest absolute Gasteiger partial charge is 0.504 e. The summed E-state index contributed by atoms with van der Waals surface area (Å²) in [6.45, 7) is 4.01. The van der Waals surface area contributed by atoms with Crippen molar-refractivity contribution in [3.05, 3.63) is 17.7 Å². The van der Waals surface area contributed by atoms with Crippen molar-refractivity contribution in [2.45, 2.75) is 13.0 Å². The van der Waals surface area contributed by atoms with E-state index in [1.165, 1.54) is 12.1 Å². The van der Waals surface area contributed by atoms with E-state index >= 15 is 0 Å². The molecule has 1 amide bonds. The molecular formula is C13H18N2O4. The summed E-state index contributed by atoms with van der Waals surface area (Å²) in [4.78, 5) is 16.1. The zero-order chi connectivity index (χ0) is 14.2. The van der Waals surface area contributed by atoms with Crippen LogP contribution in [0.15, 0.2) is 12.1 Å². The molecule has 1 aliphatic heterocycles. The van der Waals surface area contributed by atoms with Crippen LogP contribution < -0.4 is 0 Å². The van der Waals surface area contributed by atoms with E-state index in [-0.39, 0.29) is 17.5 Å². The lowest BCUT2D eigenvalue weighted by Crippen LogP contribution is -2.52. The quantitative estimate of drug-likeness (QED) is 0.647. The zero-order valence-corrected chi connectivity index (χ0v) is 11.0. The van der Waals surface area contributed by atoms with Gasteiger partial charge in [0, 0.05) is 31.2 Å². The molecule has 104 valence electrons. The lowest BCUT2D eigenvalue weighted by molar-refractivity contribution is 0.0571. The number of aromatic hydroxyl groups is 3. The summed E-state index contributed by atoms with van der Waals surface area (Å²) in [5, 5.41) is 28.1. The van der Waals surface area contributed by atoms with E-state index in [1.807, 2.05) is 14.0 Å². The average Bonchev–Trinajstić information content (AvgIpc) is 2.37. The van der Waals surface area contributed by atoms with Crippen molar-refractivity contribution in [3.8, 4) is 17.2 Å². The van der Waals surface area contributed by atoms with Gasteiger partial charge in [-0.1, -0.05) is 0 Å². The van der Waals surface area contributed by atoms with Crippen LogP contribution in [0.5, 0.6) is 17.2 Å². The van der Waals surface area contributed by atoms with Crippen molar-refractivity contribution < 1.29 is 20.1 Å². The third-order valence-corrected chi connectivity index (χ3v) is 3.56. The first kappa shape index (κ1) is 13.5. The summed E-state index contributed by atoms with van der Waals surface area (Å²) >= 11 is 0. The Morgan fingerprint density at radius 1 is 1.21 bits per heavy atom. The Balaban J connectivity index is 2.20. The van der Waals surface area contributed by atoms with Gasteiger partial charge in [0.2, 0.25) is 0 Å². The van der Waals surface area contributed by atoms with Crippen molar-refractivity contribution in [2.75, 3.05) is 26.7 Å². The normalized spacial score (nSPS) is 20.5. The number of hydrogen-bond donors (Lipinski definition) is 3. The van der Waals surface area contributed by atoms with Crippen LogP contribution in [-0.2, 0) is 0 Å². The fourth-order valence-electron chi connectivity index (χ4n) is 2.14. The van der Waals surface area contributed by atoms with E-state index in [4.69, 9.17) is 0 Å². The fourth-order valence-corrected chi connectivity index (χ4v) is 2.14. The minimum atomic E-state index is -0.608. The van der Waals surface area contributed by atoms with Gasteiger partial charge in [0.25, 0.3) is 5.91 Å². The number of piperazine rings is 1. The molecular weight excluding hydrogens is 248 g/mol. The van der Waals surface area contributed by atoms with Crippen LogP contribution in [0, 0.1) is 0 Å². The third kappa shape index (κ3) is 2.58. The molecule has 0 saturated carbocycles. The van der Waals surface area contributed by atoms with Crippen molar-refractivity contribution in [1.29, 1.82) is 0 Å². The highest BCUT2D eigenvalue weighted by molar-refractivity contribution is 5.95. The highest BCUT2D eigenvalue weighted by Crippen LogP contribution is 2.35. The topological polar surface area (TPSA) is 84.2 Å². The second kappa shape index (κ2) is 4.97. The van der Waals surface area contributed by atoms with Crippen LogP contribution in [-0.4, -0.2) is 63.8 Å². The monoisotopic (exact) mass is 266 g/mol. The van der Waals surface area contributed by atoms with Gasteiger partial charge in [-0.25, -0.2) is 0 Å². The van der Waals surface area contributed by atoms with Crippen LogP contribution in [0.4, 0.5) is 0 Å². The van der Waals surface area contributed by atoms with Crippen molar-refractivity contribution in [3.63, 3.8) is 0 Å². The van der Waals surface area contributed by atoms with Gasteiger partial charge in [-0.2, -0.15) is 0 Å². The molecule has 1 saturated heterocycles. The first-order valence-electron chi connectivity index (χ1n) is 6.14. The number of nitrogens with zero attached hydrogens (tertiary/aromatic N) is 2. The van der Waals surface area contributed by atoms with E-state index in [2.05, 4.69) is 4.90 Å². The van der Waals surface area contributed by atoms with E-state index < -0.39 is 17.2 Å². The number of phenols is 3. The SMILES string of the molecule is CC1CN(C(=O)c2cc(O)c(O)c(O)c2)CCN1C. The number of hydrogen-bond acceptors (Lipinski definition) is 5. The van der Waals surface area contributed by atoms with Crippen LogP contribution in [0.1, 0.15) is 17.3 Å². The molecule has 6 nitrogen and oxygen atoms in total. The molecule has 6 heteroatoms. The number of amides is 1. The summed E-state index contributed by atoms with van der Waals surface area (Å²) in [7, 11) is 2.00. The van der Waals surface area contributed by atoms with Gasteiger partial charge >= 0.3 is 0 Å². The van der Waals surface area contributed by atoms with Crippen molar-refractivity contribution in [2.24, 2.45) is 0 Å². The molecule has 19 heavy (non-hydrogen) atoms. The zero-order valence-electron chi connectivity index (χ0n) is 11.0. The molecule has 0 bridgehead atoms. The molecule has 1 aliphatic rings. The predicted octanol–water partition coefficient (Wildman–Crippen LogP) is 0.579. The molecule has 1 atom stereocenters. The summed E-state index contributed by atoms with van der Waals surface area (Å²) in [5.41, 5.74) is 0.171. The third-order valence-electron chi connectivity index (χ3n) is 3.56. The molecule has 0 spiro atoms. The van der Waals surface area contributed by atoms with Crippen molar-refractivity contribution >= 4 is 5.91 Å². The van der Waals surface area contributed by atoms with Gasteiger partial charge in [0.15, 0.2) is 17.2 Å². The summed E-state index contributed by atoms with van der Waals surface area (Å²) in [5.74, 6) is -1.86. The number of phenolic OH excluding ortho intramolecular Hbond substituents is 3. The molecule has 1 aromatic carbocycles. The highest BCUT2D eigenvalue weighted by atomic mass is 16.3. The molecule has 3 N–H and O–H groups in total. The Morgan fingerprint density at radius 3 is 2.32 bits per heavy atom. The van der Waals surface area contributed by atoms with E-state index in [1.54, 1.807) is 4.90 Å². The average molecular weight is 266 g/mol. The molecule has 2 rings (SSSR count). The molecule has 1 aromatic rings. The second-order valence-corrected chi connectivity index (χ2v) is 4.94. The van der Waals surface area contributed by atoms with Crippen LogP contribution in [0.2, 0.25) is 0 Å². The highest BCUT2D eigenvalue weighted by Gasteiger charge is 2.26. The maximum atomic E-state index is 12.3.